The van der Waals surface area contributed by atoms with E-state index < -0.39 is 0 Å². The first-order chi connectivity index (χ1) is 6.79. The SMILES string of the molecule is O=C1C(I)CCCC1c1ccccc1. The number of halogens is 1. The molecule has 0 spiro atoms. The fourth-order valence-corrected chi connectivity index (χ4v) is 2.89. The van der Waals surface area contributed by atoms with Crippen molar-refractivity contribution in [2.24, 2.45) is 0 Å². The third-order valence-electron chi connectivity index (χ3n) is 2.80. The molecule has 1 aliphatic carbocycles. The monoisotopic (exact) mass is 300 g/mol. The average molecular weight is 300 g/mol. The van der Waals surface area contributed by atoms with Crippen LogP contribution in [0.3, 0.4) is 0 Å². The van der Waals surface area contributed by atoms with Crippen molar-refractivity contribution in [1.82, 2.24) is 0 Å². The molecule has 1 fully saturated rings. The summed E-state index contributed by atoms with van der Waals surface area (Å²) in [4.78, 5) is 11.9. The Hall–Kier alpha value is -0.380. The fraction of sp³-hybridized carbons (Fsp3) is 0.417. The van der Waals surface area contributed by atoms with Crippen LogP contribution >= 0.6 is 22.6 Å². The van der Waals surface area contributed by atoms with Gasteiger partial charge in [-0.15, -0.1) is 0 Å². The molecule has 0 saturated heterocycles. The first kappa shape index (κ1) is 10.1. The highest BCUT2D eigenvalue weighted by Crippen LogP contribution is 2.33. The Balaban J connectivity index is 2.22. The summed E-state index contributed by atoms with van der Waals surface area (Å²) in [5.74, 6) is 0.579. The van der Waals surface area contributed by atoms with Crippen molar-refractivity contribution in [3.05, 3.63) is 35.9 Å². The molecule has 74 valence electrons. The highest BCUT2D eigenvalue weighted by Gasteiger charge is 2.29. The predicted octanol–water partition coefficient (Wildman–Crippen LogP) is 3.33. The second kappa shape index (κ2) is 4.43. The third-order valence-corrected chi connectivity index (χ3v) is 4.04. The molecule has 0 radical (unpaired) electrons. The largest absolute Gasteiger partial charge is 0.298 e. The predicted molar refractivity (Wildman–Crippen MR) is 65.8 cm³/mol. The molecule has 0 aromatic heterocycles. The number of carbonyl (C=O) groups excluding carboxylic acids is 1. The van der Waals surface area contributed by atoms with E-state index in [0.717, 1.165) is 12.8 Å². The number of ketones is 1. The Morgan fingerprint density at radius 2 is 1.86 bits per heavy atom. The molecule has 2 heteroatoms. The third kappa shape index (κ3) is 2.00. The molecular formula is C12H13IO. The zero-order valence-electron chi connectivity index (χ0n) is 7.95. The topological polar surface area (TPSA) is 17.1 Å². The van der Waals surface area contributed by atoms with Gasteiger partial charge in [0.15, 0.2) is 5.78 Å². The molecule has 1 aromatic carbocycles. The Morgan fingerprint density at radius 1 is 1.14 bits per heavy atom. The second-order valence-electron chi connectivity index (χ2n) is 3.76. The molecule has 0 N–H and O–H groups in total. The van der Waals surface area contributed by atoms with Crippen molar-refractivity contribution in [1.29, 1.82) is 0 Å². The van der Waals surface area contributed by atoms with Crippen molar-refractivity contribution in [3.8, 4) is 0 Å². The molecule has 0 amide bonds. The van der Waals surface area contributed by atoms with Crippen molar-refractivity contribution in [2.75, 3.05) is 0 Å². The standard InChI is InChI=1S/C12H13IO/c13-11-8-4-7-10(12(11)14)9-5-2-1-3-6-9/h1-3,5-6,10-11H,4,7-8H2. The van der Waals surface area contributed by atoms with Crippen molar-refractivity contribution >= 4 is 28.4 Å². The summed E-state index contributed by atoms with van der Waals surface area (Å²) >= 11 is 2.28. The summed E-state index contributed by atoms with van der Waals surface area (Å²) in [5.41, 5.74) is 1.19. The smallest absolute Gasteiger partial charge is 0.153 e. The van der Waals surface area contributed by atoms with Crippen LogP contribution in [0.25, 0.3) is 0 Å². The second-order valence-corrected chi connectivity index (χ2v) is 5.27. The van der Waals surface area contributed by atoms with Gasteiger partial charge in [0, 0.05) is 5.92 Å². The minimum absolute atomic E-state index is 0.159. The zero-order valence-corrected chi connectivity index (χ0v) is 10.1. The first-order valence-corrected chi connectivity index (χ1v) is 6.26. The summed E-state index contributed by atoms with van der Waals surface area (Å²) < 4.78 is 0.228. The molecular weight excluding hydrogens is 287 g/mol. The van der Waals surface area contributed by atoms with Gasteiger partial charge in [0.05, 0.1) is 3.92 Å². The summed E-state index contributed by atoms with van der Waals surface area (Å²) in [5, 5.41) is 0. The van der Waals surface area contributed by atoms with E-state index in [0.29, 0.717) is 5.78 Å². The van der Waals surface area contributed by atoms with E-state index in [1.165, 1.54) is 12.0 Å². The average Bonchev–Trinajstić information content (AvgIpc) is 2.23. The van der Waals surface area contributed by atoms with Crippen molar-refractivity contribution in [3.63, 3.8) is 0 Å². The van der Waals surface area contributed by atoms with Crippen LogP contribution in [0.15, 0.2) is 30.3 Å². The van der Waals surface area contributed by atoms with Gasteiger partial charge in [-0.05, 0) is 18.4 Å². The van der Waals surface area contributed by atoms with E-state index in [2.05, 4.69) is 34.7 Å². The van der Waals surface area contributed by atoms with E-state index in [4.69, 9.17) is 0 Å². The van der Waals surface area contributed by atoms with Gasteiger partial charge in [-0.3, -0.25) is 4.79 Å². The lowest BCUT2D eigenvalue weighted by molar-refractivity contribution is -0.120. The van der Waals surface area contributed by atoms with Gasteiger partial charge in [0.1, 0.15) is 0 Å². The number of benzene rings is 1. The highest BCUT2D eigenvalue weighted by molar-refractivity contribution is 14.1. The minimum atomic E-state index is 0.159. The van der Waals surface area contributed by atoms with Gasteiger partial charge in [0.25, 0.3) is 0 Å². The van der Waals surface area contributed by atoms with Gasteiger partial charge < -0.3 is 0 Å². The Bertz CT molecular complexity index is 320. The quantitative estimate of drug-likeness (QED) is 0.574. The number of Topliss-reactive ketones (excluding diaryl/α,β-unsaturated/α-hetero) is 1. The minimum Gasteiger partial charge on any atom is -0.298 e. The van der Waals surface area contributed by atoms with Gasteiger partial charge in [0.2, 0.25) is 0 Å². The molecule has 1 aliphatic rings. The number of carbonyl (C=O) groups is 1. The molecule has 2 rings (SSSR count). The molecule has 14 heavy (non-hydrogen) atoms. The van der Waals surface area contributed by atoms with Crippen LogP contribution in [0.5, 0.6) is 0 Å². The maximum Gasteiger partial charge on any atom is 0.153 e. The lowest BCUT2D eigenvalue weighted by atomic mass is 9.83. The Morgan fingerprint density at radius 3 is 2.57 bits per heavy atom. The number of hydrogen-bond donors (Lipinski definition) is 0. The van der Waals surface area contributed by atoms with Gasteiger partial charge >= 0.3 is 0 Å². The lowest BCUT2D eigenvalue weighted by Crippen LogP contribution is -2.26. The Kier molecular flexibility index (Phi) is 3.21. The molecule has 2 unspecified atom stereocenters. The molecule has 1 aromatic rings. The van der Waals surface area contributed by atoms with Crippen LogP contribution in [0.4, 0.5) is 0 Å². The maximum atomic E-state index is 11.9. The summed E-state index contributed by atoms with van der Waals surface area (Å²) in [6, 6.07) is 10.2. The molecule has 0 bridgehead atoms. The molecule has 0 aliphatic heterocycles. The van der Waals surface area contributed by atoms with Crippen LogP contribution in [-0.2, 0) is 4.79 Å². The molecule has 1 nitrogen and oxygen atoms in total. The Labute approximate surface area is 98.0 Å². The van der Waals surface area contributed by atoms with Crippen molar-refractivity contribution in [2.45, 2.75) is 29.1 Å². The van der Waals surface area contributed by atoms with Crippen LogP contribution in [0, 0.1) is 0 Å². The van der Waals surface area contributed by atoms with E-state index >= 15 is 0 Å². The first-order valence-electron chi connectivity index (χ1n) is 5.02. The van der Waals surface area contributed by atoms with E-state index in [1.54, 1.807) is 0 Å². The summed E-state index contributed by atoms with van der Waals surface area (Å²) in [7, 11) is 0. The van der Waals surface area contributed by atoms with E-state index in [1.807, 2.05) is 18.2 Å². The van der Waals surface area contributed by atoms with E-state index in [-0.39, 0.29) is 9.84 Å². The van der Waals surface area contributed by atoms with Crippen LogP contribution < -0.4 is 0 Å². The van der Waals surface area contributed by atoms with Crippen molar-refractivity contribution < 1.29 is 4.79 Å². The molecule has 0 heterocycles. The highest BCUT2D eigenvalue weighted by atomic mass is 127. The number of alkyl halides is 1. The van der Waals surface area contributed by atoms with Gasteiger partial charge in [-0.1, -0.05) is 59.3 Å². The van der Waals surface area contributed by atoms with Crippen LogP contribution in [0.2, 0.25) is 0 Å². The summed E-state index contributed by atoms with van der Waals surface area (Å²) in [6.07, 6.45) is 3.27. The van der Waals surface area contributed by atoms with Gasteiger partial charge in [-0.25, -0.2) is 0 Å². The molecule has 1 saturated carbocycles. The summed E-state index contributed by atoms with van der Waals surface area (Å²) in [6.45, 7) is 0. The number of rotatable bonds is 1. The normalized spacial score (nSPS) is 27.6. The van der Waals surface area contributed by atoms with Gasteiger partial charge in [-0.2, -0.15) is 0 Å². The van der Waals surface area contributed by atoms with Crippen LogP contribution in [0.1, 0.15) is 30.7 Å². The maximum absolute atomic E-state index is 11.9. The molecule has 2 atom stereocenters. The fourth-order valence-electron chi connectivity index (χ4n) is 2.02. The number of hydrogen-bond acceptors (Lipinski definition) is 1. The lowest BCUT2D eigenvalue weighted by Gasteiger charge is -2.24. The zero-order chi connectivity index (χ0) is 9.97. The van der Waals surface area contributed by atoms with E-state index in [9.17, 15) is 4.79 Å². The van der Waals surface area contributed by atoms with Crippen LogP contribution in [-0.4, -0.2) is 9.71 Å².